The molecule has 0 radical (unpaired) electrons. The van der Waals surface area contributed by atoms with E-state index in [9.17, 15) is 0 Å². The minimum atomic E-state index is 0.692. The van der Waals surface area contributed by atoms with Crippen LogP contribution in [0.25, 0.3) is 16.9 Å². The molecule has 1 aromatic carbocycles. The summed E-state index contributed by atoms with van der Waals surface area (Å²) in [5.74, 6) is 1.40. The molecule has 5 nitrogen and oxygen atoms in total. The topological polar surface area (TPSA) is 48.7 Å². The van der Waals surface area contributed by atoms with Crippen LogP contribution in [0.5, 0.6) is 11.5 Å². The van der Waals surface area contributed by atoms with Crippen molar-refractivity contribution in [1.29, 1.82) is 0 Å². The second kappa shape index (κ2) is 4.61. The maximum Gasteiger partial charge on any atom is 0.161 e. The number of hydrogen-bond acceptors (Lipinski definition) is 4. The minimum absolute atomic E-state index is 0.692. The van der Waals surface area contributed by atoms with E-state index < -0.39 is 0 Å². The summed E-state index contributed by atoms with van der Waals surface area (Å²) in [6, 6.07) is 9.56. The molecule has 5 heteroatoms. The van der Waals surface area contributed by atoms with Gasteiger partial charge in [0, 0.05) is 17.8 Å². The molecule has 0 aliphatic heterocycles. The number of rotatable bonds is 3. The third-order valence-electron chi connectivity index (χ3n) is 2.97. The Bertz CT molecular complexity index is 722. The van der Waals surface area contributed by atoms with E-state index in [1.165, 1.54) is 0 Å². The molecular formula is C14H13N3O2. The zero-order valence-corrected chi connectivity index (χ0v) is 10.7. The largest absolute Gasteiger partial charge is 0.493 e. The molecule has 0 saturated carbocycles. The van der Waals surface area contributed by atoms with E-state index in [2.05, 4.69) is 10.1 Å². The van der Waals surface area contributed by atoms with Gasteiger partial charge in [-0.2, -0.15) is 5.10 Å². The number of aromatic nitrogens is 3. The SMILES string of the molecule is COc1ccc(-c2ccnc3ccnn23)cc1OC. The summed E-state index contributed by atoms with van der Waals surface area (Å²) in [4.78, 5) is 4.25. The first-order chi connectivity index (χ1) is 9.33. The Hall–Kier alpha value is -2.56. The lowest BCUT2D eigenvalue weighted by molar-refractivity contribution is 0.355. The minimum Gasteiger partial charge on any atom is -0.493 e. The van der Waals surface area contributed by atoms with Crippen LogP contribution in [0.1, 0.15) is 0 Å². The molecule has 19 heavy (non-hydrogen) atoms. The van der Waals surface area contributed by atoms with E-state index in [0.29, 0.717) is 11.5 Å². The molecule has 0 fully saturated rings. The van der Waals surface area contributed by atoms with Gasteiger partial charge >= 0.3 is 0 Å². The Morgan fingerprint density at radius 2 is 1.79 bits per heavy atom. The summed E-state index contributed by atoms with van der Waals surface area (Å²) < 4.78 is 12.4. The summed E-state index contributed by atoms with van der Waals surface area (Å²) in [5.41, 5.74) is 2.76. The summed E-state index contributed by atoms with van der Waals surface area (Å²) in [6.07, 6.45) is 3.50. The first-order valence-electron chi connectivity index (χ1n) is 5.84. The van der Waals surface area contributed by atoms with Gasteiger partial charge in [-0.3, -0.25) is 0 Å². The standard InChI is InChI=1S/C14H13N3O2/c1-18-12-4-3-10(9-13(12)19-2)11-5-7-15-14-6-8-16-17(11)14/h3-9H,1-2H3. The number of methoxy groups -OCH3 is 2. The van der Waals surface area contributed by atoms with E-state index in [1.807, 2.05) is 30.3 Å². The molecule has 0 bridgehead atoms. The van der Waals surface area contributed by atoms with E-state index in [-0.39, 0.29) is 0 Å². The average Bonchev–Trinajstić information content (AvgIpc) is 2.94. The molecule has 0 amide bonds. The van der Waals surface area contributed by atoms with Crippen molar-refractivity contribution in [3.05, 3.63) is 42.7 Å². The molecule has 0 aliphatic rings. The number of fused-ring (bicyclic) bond motifs is 1. The first kappa shape index (κ1) is 11.5. The molecule has 2 aromatic heterocycles. The van der Waals surface area contributed by atoms with E-state index in [1.54, 1.807) is 31.1 Å². The fraction of sp³-hybridized carbons (Fsp3) is 0.143. The van der Waals surface area contributed by atoms with Crippen LogP contribution in [0, 0.1) is 0 Å². The lowest BCUT2D eigenvalue weighted by Gasteiger charge is -2.10. The van der Waals surface area contributed by atoms with Crippen molar-refractivity contribution in [3.8, 4) is 22.8 Å². The quantitative estimate of drug-likeness (QED) is 0.721. The van der Waals surface area contributed by atoms with Crippen molar-refractivity contribution in [2.45, 2.75) is 0 Å². The van der Waals surface area contributed by atoms with Crippen LogP contribution in [0.15, 0.2) is 42.7 Å². The van der Waals surface area contributed by atoms with Crippen molar-refractivity contribution in [2.75, 3.05) is 14.2 Å². The van der Waals surface area contributed by atoms with Gasteiger partial charge in [-0.05, 0) is 24.3 Å². The highest BCUT2D eigenvalue weighted by Gasteiger charge is 2.09. The zero-order chi connectivity index (χ0) is 13.2. The molecular weight excluding hydrogens is 242 g/mol. The van der Waals surface area contributed by atoms with Crippen molar-refractivity contribution in [1.82, 2.24) is 14.6 Å². The number of ether oxygens (including phenoxy) is 2. The molecule has 3 aromatic rings. The zero-order valence-electron chi connectivity index (χ0n) is 10.7. The van der Waals surface area contributed by atoms with Gasteiger partial charge in [-0.15, -0.1) is 0 Å². The monoisotopic (exact) mass is 255 g/mol. The normalized spacial score (nSPS) is 10.6. The Labute approximate surface area is 110 Å². The molecule has 0 aliphatic carbocycles. The van der Waals surface area contributed by atoms with Gasteiger partial charge in [0.25, 0.3) is 0 Å². The highest BCUT2D eigenvalue weighted by molar-refractivity contribution is 5.66. The molecule has 0 spiro atoms. The smallest absolute Gasteiger partial charge is 0.161 e. The Morgan fingerprint density at radius 1 is 0.947 bits per heavy atom. The van der Waals surface area contributed by atoms with Crippen LogP contribution in [-0.2, 0) is 0 Å². The van der Waals surface area contributed by atoms with Gasteiger partial charge < -0.3 is 9.47 Å². The number of benzene rings is 1. The Balaban J connectivity index is 2.19. The van der Waals surface area contributed by atoms with Crippen LogP contribution >= 0.6 is 0 Å². The third kappa shape index (κ3) is 1.89. The van der Waals surface area contributed by atoms with Crippen molar-refractivity contribution in [2.24, 2.45) is 0 Å². The van der Waals surface area contributed by atoms with Crippen LogP contribution in [-0.4, -0.2) is 28.8 Å². The Kier molecular flexibility index (Phi) is 2.79. The van der Waals surface area contributed by atoms with Crippen LogP contribution < -0.4 is 9.47 Å². The van der Waals surface area contributed by atoms with E-state index in [0.717, 1.165) is 16.9 Å². The molecule has 2 heterocycles. The predicted molar refractivity (Wildman–Crippen MR) is 71.5 cm³/mol. The average molecular weight is 255 g/mol. The Morgan fingerprint density at radius 3 is 2.58 bits per heavy atom. The molecule has 3 rings (SSSR count). The molecule has 96 valence electrons. The predicted octanol–water partition coefficient (Wildman–Crippen LogP) is 2.41. The third-order valence-corrected chi connectivity index (χ3v) is 2.97. The lowest BCUT2D eigenvalue weighted by Crippen LogP contribution is -1.96. The van der Waals surface area contributed by atoms with Crippen molar-refractivity contribution < 1.29 is 9.47 Å². The van der Waals surface area contributed by atoms with Gasteiger partial charge in [-0.25, -0.2) is 9.50 Å². The van der Waals surface area contributed by atoms with Gasteiger partial charge in [0.15, 0.2) is 17.1 Å². The van der Waals surface area contributed by atoms with Crippen LogP contribution in [0.2, 0.25) is 0 Å². The summed E-state index contributed by atoms with van der Waals surface area (Å²) in [7, 11) is 3.24. The van der Waals surface area contributed by atoms with Crippen LogP contribution in [0.4, 0.5) is 0 Å². The van der Waals surface area contributed by atoms with E-state index >= 15 is 0 Å². The molecule has 0 unspecified atom stereocenters. The second-order valence-electron chi connectivity index (χ2n) is 4.00. The molecule has 0 saturated heterocycles. The molecule has 0 N–H and O–H groups in total. The lowest BCUT2D eigenvalue weighted by atomic mass is 10.1. The van der Waals surface area contributed by atoms with Gasteiger partial charge in [0.05, 0.1) is 26.1 Å². The van der Waals surface area contributed by atoms with Crippen molar-refractivity contribution >= 4 is 5.65 Å². The number of hydrogen-bond donors (Lipinski definition) is 0. The maximum atomic E-state index is 5.32. The fourth-order valence-corrected chi connectivity index (χ4v) is 2.05. The van der Waals surface area contributed by atoms with Gasteiger partial charge in [0.1, 0.15) is 0 Å². The van der Waals surface area contributed by atoms with Crippen LogP contribution in [0.3, 0.4) is 0 Å². The van der Waals surface area contributed by atoms with E-state index in [4.69, 9.17) is 9.47 Å². The van der Waals surface area contributed by atoms with Gasteiger partial charge in [-0.1, -0.05) is 0 Å². The second-order valence-corrected chi connectivity index (χ2v) is 4.00. The summed E-state index contributed by atoms with van der Waals surface area (Å²) in [6.45, 7) is 0. The summed E-state index contributed by atoms with van der Waals surface area (Å²) >= 11 is 0. The first-order valence-corrected chi connectivity index (χ1v) is 5.84. The highest BCUT2D eigenvalue weighted by Crippen LogP contribution is 2.32. The summed E-state index contributed by atoms with van der Waals surface area (Å²) in [5, 5.41) is 4.28. The maximum absolute atomic E-state index is 5.32. The number of nitrogens with zero attached hydrogens (tertiary/aromatic N) is 3. The highest BCUT2D eigenvalue weighted by atomic mass is 16.5. The fourth-order valence-electron chi connectivity index (χ4n) is 2.05. The molecule has 0 atom stereocenters. The van der Waals surface area contributed by atoms with Gasteiger partial charge in [0.2, 0.25) is 0 Å². The van der Waals surface area contributed by atoms with Crippen molar-refractivity contribution in [3.63, 3.8) is 0 Å².